The van der Waals surface area contributed by atoms with Crippen LogP contribution in [0.4, 0.5) is 5.69 Å². The molecule has 0 bridgehead atoms. The number of hydrogen-bond donors (Lipinski definition) is 1. The van der Waals surface area contributed by atoms with E-state index in [1.54, 1.807) is 11.9 Å². The first-order valence-electron chi connectivity index (χ1n) is 6.11. The van der Waals surface area contributed by atoms with Gasteiger partial charge in [-0.05, 0) is 31.0 Å². The number of nitrogens with zero attached hydrogens (tertiary/aromatic N) is 1. The van der Waals surface area contributed by atoms with Gasteiger partial charge in [0.25, 0.3) is 0 Å². The van der Waals surface area contributed by atoms with Crippen molar-refractivity contribution in [3.63, 3.8) is 0 Å². The topological polar surface area (TPSA) is 46.3 Å². The van der Waals surface area contributed by atoms with Crippen molar-refractivity contribution in [1.29, 1.82) is 0 Å². The summed E-state index contributed by atoms with van der Waals surface area (Å²) in [6, 6.07) is 7.82. The number of benzene rings is 1. The Balaban J connectivity index is 2.91. The van der Waals surface area contributed by atoms with Gasteiger partial charge in [-0.2, -0.15) is 0 Å². The molecule has 0 aliphatic heterocycles. The molecule has 2 N–H and O–H groups in total. The summed E-state index contributed by atoms with van der Waals surface area (Å²) in [4.78, 5) is 14.3. The van der Waals surface area contributed by atoms with E-state index >= 15 is 0 Å². The molecule has 18 heavy (non-hydrogen) atoms. The van der Waals surface area contributed by atoms with Crippen LogP contribution in [0.2, 0.25) is 0 Å². The third-order valence-corrected chi connectivity index (χ3v) is 3.22. The number of aryl methyl sites for hydroxylation is 1. The van der Waals surface area contributed by atoms with Crippen LogP contribution in [-0.2, 0) is 4.79 Å². The quantitative estimate of drug-likeness (QED) is 0.832. The zero-order valence-electron chi connectivity index (χ0n) is 11.1. The standard InChI is InChI=1S/C14H20N2OS/c1-4-6-12(13(15)18)14(17)16(3)11-8-5-7-10(2)9-11/h5,7-9,12H,4,6H2,1-3H3,(H2,15,18). The number of amides is 1. The molecule has 0 aliphatic rings. The molecule has 1 rings (SSSR count). The molecule has 0 saturated heterocycles. The van der Waals surface area contributed by atoms with E-state index in [1.165, 1.54) is 0 Å². The van der Waals surface area contributed by atoms with Crippen molar-refractivity contribution in [1.82, 2.24) is 0 Å². The molecule has 0 fully saturated rings. The maximum Gasteiger partial charge on any atom is 0.236 e. The highest BCUT2D eigenvalue weighted by Crippen LogP contribution is 2.19. The number of rotatable bonds is 5. The number of carbonyl (C=O) groups excluding carboxylic acids is 1. The minimum atomic E-state index is -0.365. The van der Waals surface area contributed by atoms with Crippen molar-refractivity contribution in [2.45, 2.75) is 26.7 Å². The Morgan fingerprint density at radius 1 is 1.50 bits per heavy atom. The average molecular weight is 264 g/mol. The van der Waals surface area contributed by atoms with Gasteiger partial charge in [0, 0.05) is 12.7 Å². The number of nitrogens with two attached hydrogens (primary N) is 1. The van der Waals surface area contributed by atoms with Gasteiger partial charge in [0.15, 0.2) is 0 Å². The molecule has 98 valence electrons. The van der Waals surface area contributed by atoms with Crippen LogP contribution >= 0.6 is 12.2 Å². The molecule has 0 aromatic heterocycles. The number of anilines is 1. The molecule has 1 unspecified atom stereocenters. The van der Waals surface area contributed by atoms with Crippen LogP contribution in [0.3, 0.4) is 0 Å². The van der Waals surface area contributed by atoms with Crippen LogP contribution in [0.25, 0.3) is 0 Å². The summed E-state index contributed by atoms with van der Waals surface area (Å²) in [6.45, 7) is 4.02. The van der Waals surface area contributed by atoms with Gasteiger partial charge >= 0.3 is 0 Å². The molecule has 1 aromatic carbocycles. The molecule has 1 amide bonds. The molecule has 4 heteroatoms. The van der Waals surface area contributed by atoms with E-state index in [-0.39, 0.29) is 16.8 Å². The van der Waals surface area contributed by atoms with Crippen LogP contribution in [0.5, 0.6) is 0 Å². The summed E-state index contributed by atoms with van der Waals surface area (Å²) in [5.41, 5.74) is 7.65. The Morgan fingerprint density at radius 3 is 2.67 bits per heavy atom. The van der Waals surface area contributed by atoms with Crippen molar-refractivity contribution in [2.75, 3.05) is 11.9 Å². The normalized spacial score (nSPS) is 11.9. The van der Waals surface area contributed by atoms with E-state index in [0.717, 1.165) is 17.7 Å². The van der Waals surface area contributed by atoms with Gasteiger partial charge < -0.3 is 10.6 Å². The van der Waals surface area contributed by atoms with E-state index in [9.17, 15) is 4.79 Å². The molecule has 0 radical (unpaired) electrons. The van der Waals surface area contributed by atoms with Gasteiger partial charge in [0.1, 0.15) is 0 Å². The van der Waals surface area contributed by atoms with Crippen LogP contribution in [0, 0.1) is 12.8 Å². The van der Waals surface area contributed by atoms with E-state index in [4.69, 9.17) is 18.0 Å². The molecule has 0 spiro atoms. The summed E-state index contributed by atoms with van der Waals surface area (Å²) in [6.07, 6.45) is 1.58. The van der Waals surface area contributed by atoms with Crippen LogP contribution < -0.4 is 10.6 Å². The lowest BCUT2D eigenvalue weighted by Gasteiger charge is -2.23. The molecular formula is C14H20N2OS. The first kappa shape index (κ1) is 14.6. The highest BCUT2D eigenvalue weighted by Gasteiger charge is 2.24. The highest BCUT2D eigenvalue weighted by molar-refractivity contribution is 7.80. The van der Waals surface area contributed by atoms with Gasteiger partial charge in [-0.15, -0.1) is 0 Å². The van der Waals surface area contributed by atoms with Crippen molar-refractivity contribution >= 4 is 28.8 Å². The number of carbonyl (C=O) groups is 1. The molecule has 3 nitrogen and oxygen atoms in total. The smallest absolute Gasteiger partial charge is 0.236 e. The molecule has 1 atom stereocenters. The lowest BCUT2D eigenvalue weighted by molar-refractivity contribution is -0.120. The molecule has 0 saturated carbocycles. The largest absolute Gasteiger partial charge is 0.393 e. The van der Waals surface area contributed by atoms with Gasteiger partial charge in [-0.25, -0.2) is 0 Å². The highest BCUT2D eigenvalue weighted by atomic mass is 32.1. The first-order chi connectivity index (χ1) is 8.47. The molecular weight excluding hydrogens is 244 g/mol. The van der Waals surface area contributed by atoms with Crippen molar-refractivity contribution in [2.24, 2.45) is 11.7 Å². The fraction of sp³-hybridized carbons (Fsp3) is 0.429. The van der Waals surface area contributed by atoms with E-state index < -0.39 is 0 Å². The second kappa shape index (κ2) is 6.50. The van der Waals surface area contributed by atoms with Gasteiger partial charge in [0.05, 0.1) is 10.9 Å². The fourth-order valence-corrected chi connectivity index (χ4v) is 2.09. The summed E-state index contributed by atoms with van der Waals surface area (Å²) in [5, 5.41) is 0. The third-order valence-electron chi connectivity index (χ3n) is 2.94. The van der Waals surface area contributed by atoms with Crippen LogP contribution in [-0.4, -0.2) is 17.9 Å². The van der Waals surface area contributed by atoms with Crippen molar-refractivity contribution in [3.05, 3.63) is 29.8 Å². The zero-order valence-corrected chi connectivity index (χ0v) is 12.0. The van der Waals surface area contributed by atoms with Crippen molar-refractivity contribution < 1.29 is 4.79 Å². The zero-order chi connectivity index (χ0) is 13.7. The SMILES string of the molecule is CCCC(C(=O)N(C)c1cccc(C)c1)C(N)=S. The lowest BCUT2D eigenvalue weighted by atomic mass is 10.0. The van der Waals surface area contributed by atoms with Crippen LogP contribution in [0.1, 0.15) is 25.3 Å². The number of thiocarbonyl (C=S) groups is 1. The summed E-state index contributed by atoms with van der Waals surface area (Å²) in [5.74, 6) is -0.398. The number of hydrogen-bond acceptors (Lipinski definition) is 2. The lowest BCUT2D eigenvalue weighted by Crippen LogP contribution is -2.39. The predicted octanol–water partition coefficient (Wildman–Crippen LogP) is 2.66. The minimum Gasteiger partial charge on any atom is -0.393 e. The maximum absolute atomic E-state index is 12.3. The van der Waals surface area contributed by atoms with Gasteiger partial charge in [-0.3, -0.25) is 4.79 Å². The Morgan fingerprint density at radius 2 is 2.17 bits per heavy atom. The Kier molecular flexibility index (Phi) is 5.28. The second-order valence-corrected chi connectivity index (χ2v) is 4.95. The Labute approximate surface area is 114 Å². The third kappa shape index (κ3) is 3.53. The Bertz CT molecular complexity index is 445. The Hall–Kier alpha value is -1.42. The van der Waals surface area contributed by atoms with Crippen molar-refractivity contribution in [3.8, 4) is 0 Å². The minimum absolute atomic E-state index is 0.0325. The summed E-state index contributed by atoms with van der Waals surface area (Å²) in [7, 11) is 1.76. The monoisotopic (exact) mass is 264 g/mol. The second-order valence-electron chi connectivity index (χ2n) is 4.48. The average Bonchev–Trinajstić information content (AvgIpc) is 2.33. The van der Waals surface area contributed by atoms with E-state index in [1.807, 2.05) is 38.1 Å². The van der Waals surface area contributed by atoms with E-state index in [0.29, 0.717) is 6.42 Å². The first-order valence-corrected chi connectivity index (χ1v) is 6.51. The van der Waals surface area contributed by atoms with Gasteiger partial charge in [0.2, 0.25) is 5.91 Å². The molecule has 0 heterocycles. The van der Waals surface area contributed by atoms with E-state index in [2.05, 4.69) is 0 Å². The van der Waals surface area contributed by atoms with Crippen LogP contribution in [0.15, 0.2) is 24.3 Å². The summed E-state index contributed by atoms with van der Waals surface area (Å²) < 4.78 is 0. The fourth-order valence-electron chi connectivity index (χ4n) is 1.87. The molecule has 1 aromatic rings. The maximum atomic E-state index is 12.3. The molecule has 0 aliphatic carbocycles. The van der Waals surface area contributed by atoms with Gasteiger partial charge in [-0.1, -0.05) is 37.7 Å². The summed E-state index contributed by atoms with van der Waals surface area (Å²) >= 11 is 4.98. The predicted molar refractivity (Wildman–Crippen MR) is 79.8 cm³/mol.